The quantitative estimate of drug-likeness (QED) is 0.890. The number of nitrogens with one attached hydrogen (secondary N) is 2. The number of aromatic nitrogens is 2. The molecule has 2 N–H and O–H groups in total. The highest BCUT2D eigenvalue weighted by atomic mass is 16.5. The van der Waals surface area contributed by atoms with Crippen LogP contribution in [0.4, 0.5) is 0 Å². The van der Waals surface area contributed by atoms with Crippen LogP contribution in [0.2, 0.25) is 0 Å². The summed E-state index contributed by atoms with van der Waals surface area (Å²) in [7, 11) is 0. The fourth-order valence-corrected chi connectivity index (χ4v) is 2.29. The number of H-pyrrole nitrogens is 1. The largest absolute Gasteiger partial charge is 0.381 e. The zero-order valence-corrected chi connectivity index (χ0v) is 11.1. The van der Waals surface area contributed by atoms with E-state index in [4.69, 9.17) is 4.74 Å². The van der Waals surface area contributed by atoms with Gasteiger partial charge >= 0.3 is 0 Å². The molecular weight excluding hydrogens is 254 g/mol. The number of carbonyl (C=O) groups excluding carboxylic acids is 1. The van der Waals surface area contributed by atoms with Crippen LogP contribution in [0, 0.1) is 5.92 Å². The van der Waals surface area contributed by atoms with Crippen LogP contribution in [0.1, 0.15) is 12.0 Å². The predicted octanol–water partition coefficient (Wildman–Crippen LogP) is 1.73. The number of carbonyl (C=O) groups is 1. The summed E-state index contributed by atoms with van der Waals surface area (Å²) in [5.41, 5.74) is 3.16. The summed E-state index contributed by atoms with van der Waals surface area (Å²) >= 11 is 0. The van der Waals surface area contributed by atoms with E-state index in [0.29, 0.717) is 19.8 Å². The number of amides is 1. The minimum atomic E-state index is 0.0132. The van der Waals surface area contributed by atoms with Gasteiger partial charge in [-0.1, -0.05) is 24.3 Å². The maximum Gasteiger partial charge on any atom is 0.225 e. The Hall–Kier alpha value is -2.14. The zero-order valence-electron chi connectivity index (χ0n) is 11.1. The summed E-state index contributed by atoms with van der Waals surface area (Å²) in [6.45, 7) is 1.79. The molecule has 1 aliphatic heterocycles. The van der Waals surface area contributed by atoms with Crippen molar-refractivity contribution in [3.63, 3.8) is 0 Å². The second-order valence-electron chi connectivity index (χ2n) is 4.95. The molecule has 1 saturated heterocycles. The fraction of sp³-hybridized carbons (Fsp3) is 0.333. The number of nitrogens with zero attached hydrogens (tertiary/aromatic N) is 1. The number of hydrogen-bond donors (Lipinski definition) is 2. The van der Waals surface area contributed by atoms with Crippen LogP contribution in [0.3, 0.4) is 0 Å². The van der Waals surface area contributed by atoms with Crippen molar-refractivity contribution in [2.24, 2.45) is 5.92 Å². The SMILES string of the molecule is O=C(NCc1ccc(-c2ccn[nH]2)cc1)[C@@H]1CCOC1. The molecule has 20 heavy (non-hydrogen) atoms. The Balaban J connectivity index is 1.57. The Morgan fingerprint density at radius 3 is 2.85 bits per heavy atom. The predicted molar refractivity (Wildman–Crippen MR) is 74.8 cm³/mol. The Morgan fingerprint density at radius 2 is 2.20 bits per heavy atom. The van der Waals surface area contributed by atoms with E-state index >= 15 is 0 Å². The lowest BCUT2D eigenvalue weighted by molar-refractivity contribution is -0.125. The van der Waals surface area contributed by atoms with Gasteiger partial charge in [-0.3, -0.25) is 9.89 Å². The number of ether oxygens (including phenoxy) is 1. The molecule has 2 aromatic rings. The maximum atomic E-state index is 11.9. The van der Waals surface area contributed by atoms with Crippen LogP contribution < -0.4 is 5.32 Å². The van der Waals surface area contributed by atoms with Gasteiger partial charge in [0.05, 0.1) is 18.2 Å². The van der Waals surface area contributed by atoms with Gasteiger partial charge in [-0.15, -0.1) is 0 Å². The third kappa shape index (κ3) is 2.88. The monoisotopic (exact) mass is 271 g/mol. The van der Waals surface area contributed by atoms with E-state index in [1.807, 2.05) is 30.3 Å². The van der Waals surface area contributed by atoms with Crippen LogP contribution in [0.5, 0.6) is 0 Å². The van der Waals surface area contributed by atoms with Crippen molar-refractivity contribution in [2.75, 3.05) is 13.2 Å². The van der Waals surface area contributed by atoms with Crippen LogP contribution >= 0.6 is 0 Å². The topological polar surface area (TPSA) is 67.0 Å². The Bertz CT molecular complexity index is 557. The molecule has 104 valence electrons. The van der Waals surface area contributed by atoms with Gasteiger partial charge in [0.1, 0.15) is 0 Å². The summed E-state index contributed by atoms with van der Waals surface area (Å²) in [6.07, 6.45) is 2.55. The number of rotatable bonds is 4. The van der Waals surface area contributed by atoms with Gasteiger partial charge in [-0.05, 0) is 23.6 Å². The van der Waals surface area contributed by atoms with E-state index in [9.17, 15) is 4.79 Å². The number of hydrogen-bond acceptors (Lipinski definition) is 3. The van der Waals surface area contributed by atoms with Gasteiger partial charge in [-0.25, -0.2) is 0 Å². The first-order valence-corrected chi connectivity index (χ1v) is 6.77. The van der Waals surface area contributed by atoms with E-state index < -0.39 is 0 Å². The molecule has 1 atom stereocenters. The summed E-state index contributed by atoms with van der Waals surface area (Å²) in [6, 6.07) is 10.0. The normalized spacial score (nSPS) is 18.1. The van der Waals surface area contributed by atoms with Crippen LogP contribution in [0.15, 0.2) is 36.5 Å². The van der Waals surface area contributed by atoms with Crippen molar-refractivity contribution in [3.8, 4) is 11.3 Å². The molecular formula is C15H17N3O2. The lowest BCUT2D eigenvalue weighted by Gasteiger charge is -2.09. The average molecular weight is 271 g/mol. The molecule has 1 aliphatic rings. The van der Waals surface area contributed by atoms with E-state index in [2.05, 4.69) is 15.5 Å². The first-order valence-electron chi connectivity index (χ1n) is 6.77. The lowest BCUT2D eigenvalue weighted by Crippen LogP contribution is -2.30. The lowest BCUT2D eigenvalue weighted by atomic mass is 10.1. The molecule has 0 spiro atoms. The molecule has 2 heterocycles. The van der Waals surface area contributed by atoms with Crippen LogP contribution in [0.25, 0.3) is 11.3 Å². The molecule has 5 heteroatoms. The number of benzene rings is 1. The molecule has 3 rings (SSSR count). The smallest absolute Gasteiger partial charge is 0.225 e. The fourth-order valence-electron chi connectivity index (χ4n) is 2.29. The van der Waals surface area contributed by atoms with Crippen molar-refractivity contribution in [1.29, 1.82) is 0 Å². The van der Waals surface area contributed by atoms with Gasteiger partial charge in [0, 0.05) is 19.3 Å². The van der Waals surface area contributed by atoms with Crippen molar-refractivity contribution >= 4 is 5.91 Å². The van der Waals surface area contributed by atoms with E-state index in [1.54, 1.807) is 6.20 Å². The first kappa shape index (κ1) is 12.9. The molecule has 1 amide bonds. The molecule has 0 saturated carbocycles. The molecule has 0 radical (unpaired) electrons. The number of aromatic amines is 1. The molecule has 5 nitrogen and oxygen atoms in total. The van der Waals surface area contributed by atoms with Gasteiger partial charge < -0.3 is 10.1 Å². The first-order chi connectivity index (χ1) is 9.83. The molecule has 1 aromatic heterocycles. The summed E-state index contributed by atoms with van der Waals surface area (Å²) in [5.74, 6) is 0.0967. The summed E-state index contributed by atoms with van der Waals surface area (Å²) < 4.78 is 5.22. The molecule has 0 bridgehead atoms. The van der Waals surface area contributed by atoms with E-state index in [1.165, 1.54) is 0 Å². The average Bonchev–Trinajstić information content (AvgIpc) is 3.18. The van der Waals surface area contributed by atoms with E-state index in [-0.39, 0.29) is 11.8 Å². The third-order valence-corrected chi connectivity index (χ3v) is 3.53. The highest BCUT2D eigenvalue weighted by molar-refractivity contribution is 5.79. The third-order valence-electron chi connectivity index (χ3n) is 3.53. The summed E-state index contributed by atoms with van der Waals surface area (Å²) in [4.78, 5) is 11.9. The zero-order chi connectivity index (χ0) is 13.8. The molecule has 0 unspecified atom stereocenters. The second kappa shape index (κ2) is 5.88. The minimum absolute atomic E-state index is 0.0132. The second-order valence-corrected chi connectivity index (χ2v) is 4.95. The highest BCUT2D eigenvalue weighted by Gasteiger charge is 2.22. The van der Waals surface area contributed by atoms with Gasteiger partial charge in [0.2, 0.25) is 5.91 Å². The Labute approximate surface area is 117 Å². The van der Waals surface area contributed by atoms with Gasteiger partial charge in [0.25, 0.3) is 0 Å². The van der Waals surface area contributed by atoms with Crippen LogP contribution in [-0.4, -0.2) is 29.3 Å². The van der Waals surface area contributed by atoms with Gasteiger partial charge in [-0.2, -0.15) is 5.10 Å². The molecule has 1 aromatic carbocycles. The van der Waals surface area contributed by atoms with Crippen molar-refractivity contribution in [1.82, 2.24) is 15.5 Å². The Kier molecular flexibility index (Phi) is 3.78. The highest BCUT2D eigenvalue weighted by Crippen LogP contribution is 2.17. The van der Waals surface area contributed by atoms with Crippen LogP contribution in [-0.2, 0) is 16.1 Å². The summed E-state index contributed by atoms with van der Waals surface area (Å²) in [5, 5.41) is 9.81. The van der Waals surface area contributed by atoms with Crippen molar-refractivity contribution in [2.45, 2.75) is 13.0 Å². The Morgan fingerprint density at radius 1 is 1.35 bits per heavy atom. The minimum Gasteiger partial charge on any atom is -0.381 e. The molecule has 0 aliphatic carbocycles. The molecule has 1 fully saturated rings. The standard InChI is InChI=1S/C15H17N3O2/c19-15(13-6-8-20-10-13)16-9-11-1-3-12(4-2-11)14-5-7-17-18-14/h1-5,7,13H,6,8-10H2,(H,16,19)(H,17,18)/t13-/m1/s1. The van der Waals surface area contributed by atoms with Gasteiger partial charge in [0.15, 0.2) is 0 Å². The van der Waals surface area contributed by atoms with E-state index in [0.717, 1.165) is 23.2 Å². The van der Waals surface area contributed by atoms with Crippen molar-refractivity contribution in [3.05, 3.63) is 42.1 Å². The van der Waals surface area contributed by atoms with Crippen molar-refractivity contribution < 1.29 is 9.53 Å². The maximum absolute atomic E-state index is 11.9.